The summed E-state index contributed by atoms with van der Waals surface area (Å²) in [6.07, 6.45) is 18.0. The topological polar surface area (TPSA) is 36.9 Å². The van der Waals surface area contributed by atoms with Crippen molar-refractivity contribution < 1.29 is 17.7 Å². The summed E-state index contributed by atoms with van der Waals surface area (Å²) in [5, 5.41) is 0. The molecule has 0 bridgehead atoms. The second kappa shape index (κ2) is 12.8. The Bertz CT molecular complexity index is 352. The molecule has 6 heteroatoms. The summed E-state index contributed by atoms with van der Waals surface area (Å²) in [5.74, 6) is 0.898. The second-order valence-electron chi connectivity index (χ2n) is 8.73. The zero-order valence-electron chi connectivity index (χ0n) is 18.3. The van der Waals surface area contributed by atoms with Crippen molar-refractivity contribution in [2.75, 3.05) is 28.4 Å². The van der Waals surface area contributed by atoms with E-state index in [9.17, 15) is 0 Å². The molecule has 3 rings (SSSR count). The molecule has 3 fully saturated rings. The van der Waals surface area contributed by atoms with Crippen LogP contribution >= 0.6 is 0 Å². The van der Waals surface area contributed by atoms with E-state index in [0.717, 1.165) is 17.0 Å². The van der Waals surface area contributed by atoms with Gasteiger partial charge in [0.15, 0.2) is 0 Å². The van der Waals surface area contributed by atoms with E-state index in [1.54, 1.807) is 14.2 Å². The largest absolute Gasteiger partial charge is 0.400 e. The lowest BCUT2D eigenvalue weighted by Crippen LogP contribution is -2.48. The number of hydrogen-bond donors (Lipinski definition) is 0. The highest BCUT2D eigenvalue weighted by Gasteiger charge is 2.52. The van der Waals surface area contributed by atoms with Gasteiger partial charge in [-0.25, -0.2) is 0 Å². The number of hydrogen-bond acceptors (Lipinski definition) is 4. The van der Waals surface area contributed by atoms with Crippen molar-refractivity contribution in [3.05, 3.63) is 0 Å². The lowest BCUT2D eigenvalue weighted by Gasteiger charge is -2.37. The van der Waals surface area contributed by atoms with Crippen LogP contribution in [0.15, 0.2) is 0 Å². The molecule has 0 radical (unpaired) electrons. The van der Waals surface area contributed by atoms with Crippen LogP contribution in [0, 0.1) is 5.92 Å². The van der Waals surface area contributed by atoms with Crippen molar-refractivity contribution in [2.24, 2.45) is 5.92 Å². The Morgan fingerprint density at radius 1 is 0.630 bits per heavy atom. The summed E-state index contributed by atoms with van der Waals surface area (Å²) in [5.41, 5.74) is 1.55. The first-order chi connectivity index (χ1) is 13.2. The van der Waals surface area contributed by atoms with Gasteiger partial charge in [-0.05, 0) is 37.6 Å². The van der Waals surface area contributed by atoms with Gasteiger partial charge in [-0.3, -0.25) is 0 Å². The van der Waals surface area contributed by atoms with Crippen LogP contribution in [0.5, 0.6) is 0 Å². The van der Waals surface area contributed by atoms with E-state index in [-0.39, 0.29) is 0 Å². The molecule has 0 aromatic heterocycles. The molecule has 0 aromatic rings. The van der Waals surface area contributed by atoms with Gasteiger partial charge >= 0.3 is 17.8 Å². The third kappa shape index (κ3) is 6.64. The van der Waals surface area contributed by atoms with Crippen LogP contribution in [-0.2, 0) is 17.7 Å². The third-order valence-electron chi connectivity index (χ3n) is 7.26. The van der Waals surface area contributed by atoms with E-state index in [2.05, 4.69) is 0 Å². The molecule has 0 heterocycles. The maximum absolute atomic E-state index is 5.97. The Morgan fingerprint density at radius 2 is 1.04 bits per heavy atom. The van der Waals surface area contributed by atoms with Crippen LogP contribution in [0.2, 0.25) is 17.1 Å². The standard InChI is InChI=1S/C12H24O2Si.C9H20O2Si/c1-13-15(14-2,11-7-3-4-8-11)12-9-5-6-10-12;1-10-12(11-2)8-9-6-4-3-5-7-9/h11-12H,3-10H2,1-2H3;9,12H,3-8H2,1-2H3. The molecule has 0 unspecified atom stereocenters. The van der Waals surface area contributed by atoms with Gasteiger partial charge in [0, 0.05) is 39.5 Å². The lowest BCUT2D eigenvalue weighted by molar-refractivity contribution is 0.214. The first-order valence-electron chi connectivity index (χ1n) is 11.4. The minimum absolute atomic E-state index is 0.774. The van der Waals surface area contributed by atoms with Crippen molar-refractivity contribution >= 4 is 17.8 Å². The van der Waals surface area contributed by atoms with Crippen LogP contribution in [0.3, 0.4) is 0 Å². The Labute approximate surface area is 170 Å². The predicted octanol–water partition coefficient (Wildman–Crippen LogP) is 5.69. The zero-order chi connectivity index (χ0) is 19.5. The summed E-state index contributed by atoms with van der Waals surface area (Å²) < 4.78 is 22.6. The SMILES string of the molecule is CO[SiH](CC1CCCCC1)OC.CO[Si](OC)(C1CCCC1)C1CCCC1. The first kappa shape index (κ1) is 23.6. The Kier molecular flexibility index (Phi) is 11.1. The Balaban J connectivity index is 0.000000199. The molecule has 0 saturated heterocycles. The second-order valence-corrected chi connectivity index (χ2v) is 14.9. The highest BCUT2D eigenvalue weighted by Crippen LogP contribution is 2.50. The fourth-order valence-corrected chi connectivity index (χ4v) is 11.9. The smallest absolute Gasteiger partial charge is 0.344 e. The molecular formula is C21H44O4Si2. The van der Waals surface area contributed by atoms with Gasteiger partial charge in [0.05, 0.1) is 0 Å². The maximum Gasteiger partial charge on any atom is 0.344 e. The Morgan fingerprint density at radius 3 is 1.41 bits per heavy atom. The van der Waals surface area contributed by atoms with Crippen molar-refractivity contribution in [1.82, 2.24) is 0 Å². The van der Waals surface area contributed by atoms with E-state index in [0.29, 0.717) is 0 Å². The van der Waals surface area contributed by atoms with Crippen LogP contribution < -0.4 is 0 Å². The highest BCUT2D eigenvalue weighted by molar-refractivity contribution is 6.70. The van der Waals surface area contributed by atoms with Crippen molar-refractivity contribution in [1.29, 1.82) is 0 Å². The number of rotatable bonds is 8. The molecule has 0 aliphatic heterocycles. The van der Waals surface area contributed by atoms with Crippen LogP contribution in [-0.4, -0.2) is 46.3 Å². The minimum atomic E-state index is -1.88. The van der Waals surface area contributed by atoms with Gasteiger partial charge in [-0.15, -0.1) is 0 Å². The molecule has 0 amide bonds. The molecule has 0 spiro atoms. The average molecular weight is 417 g/mol. The summed E-state index contributed by atoms with van der Waals surface area (Å²) >= 11 is 0. The van der Waals surface area contributed by atoms with Crippen LogP contribution in [0.1, 0.15) is 83.5 Å². The minimum Gasteiger partial charge on any atom is -0.400 e. The quantitative estimate of drug-likeness (QED) is 0.476. The molecule has 3 aliphatic carbocycles. The van der Waals surface area contributed by atoms with E-state index < -0.39 is 17.8 Å². The normalized spacial score (nSPS) is 23.0. The third-order valence-corrected chi connectivity index (χ3v) is 14.1. The summed E-state index contributed by atoms with van der Waals surface area (Å²) in [7, 11) is 4.21. The molecule has 27 heavy (non-hydrogen) atoms. The monoisotopic (exact) mass is 416 g/mol. The summed E-state index contributed by atoms with van der Waals surface area (Å²) in [4.78, 5) is 0. The highest BCUT2D eigenvalue weighted by atomic mass is 28.4. The fraction of sp³-hybridized carbons (Fsp3) is 1.00. The predicted molar refractivity (Wildman–Crippen MR) is 117 cm³/mol. The molecule has 3 aliphatic rings. The Hall–Kier alpha value is 0.274. The average Bonchev–Trinajstić information content (AvgIpc) is 3.44. The molecular weight excluding hydrogens is 372 g/mol. The molecule has 0 aromatic carbocycles. The van der Waals surface area contributed by atoms with E-state index in [1.165, 1.54) is 89.5 Å². The molecule has 0 N–H and O–H groups in total. The lowest BCUT2D eigenvalue weighted by atomic mass is 9.91. The zero-order valence-corrected chi connectivity index (χ0v) is 20.5. The van der Waals surface area contributed by atoms with Crippen molar-refractivity contribution in [2.45, 2.75) is 101 Å². The van der Waals surface area contributed by atoms with Crippen LogP contribution in [0.4, 0.5) is 0 Å². The first-order valence-corrected chi connectivity index (χ1v) is 15.1. The maximum atomic E-state index is 5.97. The molecule has 160 valence electrons. The molecule has 0 atom stereocenters. The fourth-order valence-electron chi connectivity index (χ4n) is 5.72. The van der Waals surface area contributed by atoms with E-state index >= 15 is 0 Å². The molecule has 3 saturated carbocycles. The van der Waals surface area contributed by atoms with Crippen molar-refractivity contribution in [3.8, 4) is 0 Å². The summed E-state index contributed by atoms with van der Waals surface area (Å²) in [6.45, 7) is 0. The van der Waals surface area contributed by atoms with Crippen molar-refractivity contribution in [3.63, 3.8) is 0 Å². The molecule has 4 nitrogen and oxygen atoms in total. The van der Waals surface area contributed by atoms with Gasteiger partial charge in [0.1, 0.15) is 0 Å². The van der Waals surface area contributed by atoms with E-state index in [4.69, 9.17) is 17.7 Å². The van der Waals surface area contributed by atoms with Gasteiger partial charge in [0.2, 0.25) is 0 Å². The van der Waals surface area contributed by atoms with Gasteiger partial charge in [-0.2, -0.15) is 0 Å². The van der Waals surface area contributed by atoms with Gasteiger partial charge < -0.3 is 17.7 Å². The van der Waals surface area contributed by atoms with Gasteiger partial charge in [0.25, 0.3) is 0 Å². The van der Waals surface area contributed by atoms with Crippen LogP contribution in [0.25, 0.3) is 0 Å². The van der Waals surface area contributed by atoms with E-state index in [1.807, 2.05) is 14.2 Å². The summed E-state index contributed by atoms with van der Waals surface area (Å²) in [6, 6.07) is 1.22. The van der Waals surface area contributed by atoms with Gasteiger partial charge in [-0.1, -0.05) is 57.8 Å².